The molecule has 4 heterocycles. The highest BCUT2D eigenvalue weighted by molar-refractivity contribution is 6.06. The maximum atomic E-state index is 16.5. The SMILES string of the molecule is C#Cc1ccc(COc2c(-c3c(C)c(F)cc4c3cnn4C3CCCCO3)c(C3CC3)cc3c(N(C)[C@H]4CCN(C(=O)OC(C)(C)C)C4)nc(OCC(C)C)nc23)cc1. The van der Waals surface area contributed by atoms with Crippen molar-refractivity contribution in [2.45, 2.75) is 110 Å². The monoisotopic (exact) mass is 802 g/mol. The number of carbonyl (C=O) groups is 1. The second-order valence-corrected chi connectivity index (χ2v) is 17.7. The van der Waals surface area contributed by atoms with E-state index in [9.17, 15) is 4.79 Å². The summed E-state index contributed by atoms with van der Waals surface area (Å²) in [4.78, 5) is 27.3. The fourth-order valence-corrected chi connectivity index (χ4v) is 8.21. The molecular weight excluding hydrogens is 748 g/mol. The van der Waals surface area contributed by atoms with E-state index in [0.717, 1.165) is 77.1 Å². The van der Waals surface area contributed by atoms with E-state index in [-0.39, 0.29) is 48.6 Å². The molecule has 1 amide bonds. The maximum Gasteiger partial charge on any atom is 0.410 e. The minimum absolute atomic E-state index is 0.0559. The first kappa shape index (κ1) is 40.4. The molecule has 0 N–H and O–H groups in total. The molecule has 1 aliphatic carbocycles. The van der Waals surface area contributed by atoms with Crippen LogP contribution < -0.4 is 14.4 Å². The van der Waals surface area contributed by atoms with Crippen LogP contribution in [0.5, 0.6) is 11.8 Å². The third-order valence-corrected chi connectivity index (χ3v) is 11.5. The molecule has 3 aliphatic rings. The summed E-state index contributed by atoms with van der Waals surface area (Å²) in [6, 6.07) is 11.6. The number of terminal acetylenes is 1. The molecule has 5 aromatic rings. The van der Waals surface area contributed by atoms with E-state index in [1.54, 1.807) is 11.0 Å². The third kappa shape index (κ3) is 8.40. The molecule has 8 rings (SSSR count). The third-order valence-electron chi connectivity index (χ3n) is 11.5. The zero-order chi connectivity index (χ0) is 41.6. The van der Waals surface area contributed by atoms with Gasteiger partial charge in [0.05, 0.1) is 18.3 Å². The van der Waals surface area contributed by atoms with Gasteiger partial charge in [0.25, 0.3) is 0 Å². The molecule has 59 heavy (non-hydrogen) atoms. The van der Waals surface area contributed by atoms with Crippen LogP contribution in [0, 0.1) is 31.0 Å². The predicted octanol–water partition coefficient (Wildman–Crippen LogP) is 9.71. The lowest BCUT2D eigenvalue weighted by atomic mass is 9.88. The van der Waals surface area contributed by atoms with Gasteiger partial charge in [0.1, 0.15) is 29.4 Å². The van der Waals surface area contributed by atoms with Gasteiger partial charge in [0, 0.05) is 66.3 Å². The minimum atomic E-state index is -0.600. The van der Waals surface area contributed by atoms with Crippen molar-refractivity contribution < 1.29 is 28.1 Å². The number of hydrogen-bond donors (Lipinski definition) is 0. The number of likely N-dealkylation sites (N-methyl/N-ethyl adjacent to an activating group) is 1. The van der Waals surface area contributed by atoms with E-state index >= 15 is 4.39 Å². The Bertz CT molecular complexity index is 2410. The molecule has 11 nitrogen and oxygen atoms in total. The second kappa shape index (κ2) is 16.3. The molecule has 1 saturated carbocycles. The number of carbonyl (C=O) groups excluding carboxylic acids is 1. The van der Waals surface area contributed by atoms with Crippen molar-refractivity contribution in [3.8, 4) is 35.2 Å². The smallest absolute Gasteiger partial charge is 0.410 e. The van der Waals surface area contributed by atoms with Gasteiger partial charge >= 0.3 is 12.1 Å². The zero-order valence-electron chi connectivity index (χ0n) is 35.3. The summed E-state index contributed by atoms with van der Waals surface area (Å²) in [6.45, 7) is 13.9. The topological polar surface area (TPSA) is 104 Å². The fourth-order valence-electron chi connectivity index (χ4n) is 8.21. The first-order valence-corrected chi connectivity index (χ1v) is 21.0. The fraction of sp³-hybridized carbons (Fsp3) is 0.489. The van der Waals surface area contributed by atoms with Crippen LogP contribution in [0.2, 0.25) is 0 Å². The van der Waals surface area contributed by atoms with E-state index < -0.39 is 5.60 Å². The number of rotatable bonds is 11. The molecule has 3 fully saturated rings. The van der Waals surface area contributed by atoms with E-state index in [0.29, 0.717) is 54.5 Å². The van der Waals surface area contributed by atoms with Gasteiger partial charge in [-0.05, 0) is 113 Å². The van der Waals surface area contributed by atoms with Crippen molar-refractivity contribution in [3.05, 3.63) is 70.7 Å². The zero-order valence-corrected chi connectivity index (χ0v) is 35.3. The highest BCUT2D eigenvalue weighted by Crippen LogP contribution is 2.53. The Kier molecular flexibility index (Phi) is 11.2. The van der Waals surface area contributed by atoms with Crippen LogP contribution in [0.25, 0.3) is 32.9 Å². The number of benzene rings is 3. The lowest BCUT2D eigenvalue weighted by molar-refractivity contribution is -0.0366. The Morgan fingerprint density at radius 1 is 1.05 bits per heavy atom. The van der Waals surface area contributed by atoms with E-state index in [1.165, 1.54) is 0 Å². The van der Waals surface area contributed by atoms with Gasteiger partial charge < -0.3 is 28.7 Å². The van der Waals surface area contributed by atoms with Crippen LogP contribution in [-0.4, -0.2) is 75.7 Å². The molecule has 2 aliphatic heterocycles. The molecule has 0 radical (unpaired) electrons. The van der Waals surface area contributed by atoms with Gasteiger partial charge in [-0.3, -0.25) is 0 Å². The predicted molar refractivity (Wildman–Crippen MR) is 227 cm³/mol. The first-order chi connectivity index (χ1) is 28.3. The van der Waals surface area contributed by atoms with Gasteiger partial charge in [0.2, 0.25) is 0 Å². The number of halogens is 1. The number of nitrogens with zero attached hydrogens (tertiary/aromatic N) is 6. The average molecular weight is 803 g/mol. The van der Waals surface area contributed by atoms with Gasteiger partial charge in [-0.1, -0.05) is 31.9 Å². The highest BCUT2D eigenvalue weighted by atomic mass is 19.1. The van der Waals surface area contributed by atoms with Crippen molar-refractivity contribution in [2.24, 2.45) is 5.92 Å². The Hall–Kier alpha value is -5.41. The average Bonchev–Trinajstić information content (AvgIpc) is 3.79. The Morgan fingerprint density at radius 2 is 1.83 bits per heavy atom. The molecule has 0 bridgehead atoms. The first-order valence-electron chi connectivity index (χ1n) is 21.0. The molecule has 12 heteroatoms. The Balaban J connectivity index is 1.34. The van der Waals surface area contributed by atoms with Crippen LogP contribution in [0.15, 0.2) is 42.6 Å². The molecule has 2 saturated heterocycles. The summed E-state index contributed by atoms with van der Waals surface area (Å²) >= 11 is 0. The van der Waals surface area contributed by atoms with Crippen molar-refractivity contribution in [1.82, 2.24) is 24.6 Å². The summed E-state index contributed by atoms with van der Waals surface area (Å²) < 4.78 is 43.5. The standard InChI is InChI=1S/C47H55FN6O5/c1-9-30-13-15-31(16-14-30)27-57-43-41(40-29(4)37(48)23-38-36(40)24-49-54(38)39-12-10-11-21-56-39)34(32-17-18-32)22-35-42(43)50-45(58-26-28(2)3)51-44(35)52(8)33-19-20-53(25-33)46(55)59-47(5,6)7/h1,13-16,22-24,28,32-33,39H,10-12,17-21,25-27H2,2-8H3/t33-,39?/m0/s1. The highest BCUT2D eigenvalue weighted by Gasteiger charge is 2.37. The van der Waals surface area contributed by atoms with E-state index in [2.05, 4.69) is 30.7 Å². The molecular formula is C47H55FN6O5. The molecule has 1 unspecified atom stereocenters. The van der Waals surface area contributed by atoms with Gasteiger partial charge in [0.15, 0.2) is 12.0 Å². The molecule has 310 valence electrons. The van der Waals surface area contributed by atoms with Crippen molar-refractivity contribution >= 4 is 33.7 Å². The number of anilines is 1. The van der Waals surface area contributed by atoms with E-state index in [1.807, 2.05) is 69.9 Å². The van der Waals surface area contributed by atoms with Gasteiger partial charge in [-0.15, -0.1) is 6.42 Å². The summed E-state index contributed by atoms with van der Waals surface area (Å²) in [5.74, 6) is 3.99. The maximum absolute atomic E-state index is 16.5. The van der Waals surface area contributed by atoms with Crippen molar-refractivity contribution in [1.29, 1.82) is 0 Å². The second-order valence-electron chi connectivity index (χ2n) is 17.7. The summed E-state index contributed by atoms with van der Waals surface area (Å²) in [6.07, 6.45) is 12.4. The summed E-state index contributed by atoms with van der Waals surface area (Å²) in [7, 11) is 2.01. The minimum Gasteiger partial charge on any atom is -0.486 e. The lowest BCUT2D eigenvalue weighted by Gasteiger charge is -2.29. The van der Waals surface area contributed by atoms with Crippen molar-refractivity contribution in [2.75, 3.05) is 38.3 Å². The molecule has 0 spiro atoms. The molecule has 2 atom stereocenters. The Morgan fingerprint density at radius 3 is 2.51 bits per heavy atom. The number of fused-ring (bicyclic) bond motifs is 2. The van der Waals surface area contributed by atoms with Crippen molar-refractivity contribution in [3.63, 3.8) is 0 Å². The lowest BCUT2D eigenvalue weighted by Crippen LogP contribution is -2.39. The molecule has 3 aromatic carbocycles. The summed E-state index contributed by atoms with van der Waals surface area (Å²) in [5.41, 5.74) is 5.39. The molecule has 2 aromatic heterocycles. The summed E-state index contributed by atoms with van der Waals surface area (Å²) in [5, 5.41) is 6.44. The van der Waals surface area contributed by atoms with Gasteiger partial charge in [-0.2, -0.15) is 15.1 Å². The number of hydrogen-bond acceptors (Lipinski definition) is 9. The number of amides is 1. The van der Waals surface area contributed by atoms with Crippen LogP contribution in [-0.2, 0) is 16.1 Å². The number of aromatic nitrogens is 4. The Labute approximate surface area is 346 Å². The van der Waals surface area contributed by atoms with Crippen LogP contribution in [0.1, 0.15) is 108 Å². The van der Waals surface area contributed by atoms with Crippen LogP contribution in [0.3, 0.4) is 0 Å². The van der Waals surface area contributed by atoms with Gasteiger partial charge in [-0.25, -0.2) is 13.9 Å². The number of likely N-dealkylation sites (tertiary alicyclic amines) is 1. The normalized spacial score (nSPS) is 18.4. The number of ether oxygens (including phenoxy) is 4. The quantitative estimate of drug-likeness (QED) is 0.121. The largest absolute Gasteiger partial charge is 0.486 e. The van der Waals surface area contributed by atoms with E-state index in [4.69, 9.17) is 40.4 Å². The van der Waals surface area contributed by atoms with Crippen LogP contribution >= 0.6 is 0 Å². The van der Waals surface area contributed by atoms with Crippen LogP contribution in [0.4, 0.5) is 15.0 Å².